The summed E-state index contributed by atoms with van der Waals surface area (Å²) in [6.07, 6.45) is 2.32. The van der Waals surface area contributed by atoms with Gasteiger partial charge in [-0.15, -0.1) is 11.8 Å². The van der Waals surface area contributed by atoms with Gasteiger partial charge in [-0.3, -0.25) is 9.59 Å². The van der Waals surface area contributed by atoms with Crippen molar-refractivity contribution >= 4 is 52.4 Å². The lowest BCUT2D eigenvalue weighted by Crippen LogP contribution is -2.33. The Morgan fingerprint density at radius 2 is 2.00 bits per heavy atom. The van der Waals surface area contributed by atoms with E-state index in [0.29, 0.717) is 16.5 Å². The predicted molar refractivity (Wildman–Crippen MR) is 137 cm³/mol. The molecule has 0 fully saturated rings. The molecule has 0 spiro atoms. The Hall–Kier alpha value is -3.08. The summed E-state index contributed by atoms with van der Waals surface area (Å²) in [5.74, 6) is 0.866. The maximum absolute atomic E-state index is 12.9. The Morgan fingerprint density at radius 3 is 2.79 bits per heavy atom. The molecule has 1 aliphatic heterocycles. The van der Waals surface area contributed by atoms with Gasteiger partial charge in [0.15, 0.2) is 5.82 Å². The van der Waals surface area contributed by atoms with Crippen LogP contribution in [-0.2, 0) is 24.8 Å². The van der Waals surface area contributed by atoms with Crippen molar-refractivity contribution in [3.8, 4) is 0 Å². The molecule has 3 heterocycles. The van der Waals surface area contributed by atoms with Crippen molar-refractivity contribution in [2.24, 2.45) is 7.05 Å². The number of benzene rings is 1. The number of hydrogen-bond donors (Lipinski definition) is 3. The summed E-state index contributed by atoms with van der Waals surface area (Å²) in [6.45, 7) is 1.70. The average molecular weight is 500 g/mol. The first kappa shape index (κ1) is 24.1. The Labute approximate surface area is 206 Å². The van der Waals surface area contributed by atoms with Crippen molar-refractivity contribution in [3.05, 3.63) is 63.2 Å². The van der Waals surface area contributed by atoms with E-state index in [1.54, 1.807) is 18.7 Å². The highest BCUT2D eigenvalue weighted by atomic mass is 35.5. The number of anilines is 4. The van der Waals surface area contributed by atoms with E-state index in [9.17, 15) is 9.59 Å². The Bertz CT molecular complexity index is 1280. The van der Waals surface area contributed by atoms with Crippen LogP contribution >= 0.6 is 23.4 Å². The standard InChI is InChI=1S/C23H26ClN7O2S/c1-25-20(32)13-34-19-7-5-4-6-16(19)27-21-15(24)11-26-23(29-21)28-17-10-14-12-30(2)9-8-18(14)31(3)22(17)33/h4-7,10-11H,8-9,12-13H2,1-3H3,(H,25,32)(H2,26,27,28,29). The number of para-hydroxylation sites is 1. The van der Waals surface area contributed by atoms with Crippen molar-refractivity contribution in [2.75, 3.05) is 37.0 Å². The number of nitrogens with zero attached hydrogens (tertiary/aromatic N) is 4. The van der Waals surface area contributed by atoms with Gasteiger partial charge in [-0.1, -0.05) is 23.7 Å². The smallest absolute Gasteiger partial charge is 0.274 e. The van der Waals surface area contributed by atoms with Gasteiger partial charge in [0, 0.05) is 44.2 Å². The molecule has 0 saturated heterocycles. The summed E-state index contributed by atoms with van der Waals surface area (Å²) < 4.78 is 1.69. The zero-order valence-corrected chi connectivity index (χ0v) is 20.8. The molecule has 9 nitrogen and oxygen atoms in total. The van der Waals surface area contributed by atoms with E-state index >= 15 is 0 Å². The van der Waals surface area contributed by atoms with E-state index in [2.05, 4.69) is 37.9 Å². The van der Waals surface area contributed by atoms with Crippen LogP contribution in [0.3, 0.4) is 0 Å². The van der Waals surface area contributed by atoms with Gasteiger partial charge in [-0.2, -0.15) is 4.98 Å². The lowest BCUT2D eigenvalue weighted by molar-refractivity contribution is -0.118. The van der Waals surface area contributed by atoms with E-state index in [0.717, 1.165) is 41.4 Å². The quantitative estimate of drug-likeness (QED) is 0.426. The van der Waals surface area contributed by atoms with Crippen LogP contribution in [0.5, 0.6) is 0 Å². The molecule has 0 saturated carbocycles. The molecule has 3 N–H and O–H groups in total. The lowest BCUT2D eigenvalue weighted by Gasteiger charge is -2.27. The molecular weight excluding hydrogens is 474 g/mol. The van der Waals surface area contributed by atoms with Crippen molar-refractivity contribution in [1.82, 2.24) is 24.8 Å². The number of amides is 1. The molecule has 0 aliphatic carbocycles. The topological polar surface area (TPSA) is 104 Å². The van der Waals surface area contributed by atoms with Gasteiger partial charge >= 0.3 is 0 Å². The number of rotatable bonds is 7. The molecular formula is C23H26ClN7O2S. The maximum Gasteiger partial charge on any atom is 0.274 e. The van der Waals surface area contributed by atoms with Crippen LogP contribution in [0.15, 0.2) is 46.2 Å². The molecule has 1 amide bonds. The number of thioether (sulfide) groups is 1. The second-order valence-corrected chi connectivity index (χ2v) is 9.40. The van der Waals surface area contributed by atoms with Gasteiger partial charge < -0.3 is 25.4 Å². The molecule has 0 bridgehead atoms. The molecule has 34 heavy (non-hydrogen) atoms. The van der Waals surface area contributed by atoms with Crippen LogP contribution in [0, 0.1) is 0 Å². The summed E-state index contributed by atoms with van der Waals surface area (Å²) in [7, 11) is 5.46. The molecule has 3 aromatic rings. The molecule has 0 unspecified atom stereocenters. The first-order valence-corrected chi connectivity index (χ1v) is 12.1. The van der Waals surface area contributed by atoms with E-state index in [1.807, 2.05) is 30.3 Å². The summed E-state index contributed by atoms with van der Waals surface area (Å²) >= 11 is 7.76. The number of carbonyl (C=O) groups excluding carboxylic acids is 1. The molecule has 4 rings (SSSR count). The molecule has 1 aromatic carbocycles. The van der Waals surface area contributed by atoms with E-state index in [4.69, 9.17) is 11.6 Å². The Morgan fingerprint density at radius 1 is 1.21 bits per heavy atom. The molecule has 178 valence electrons. The Kier molecular flexibility index (Phi) is 7.40. The molecule has 11 heteroatoms. The van der Waals surface area contributed by atoms with Crippen LogP contribution in [-0.4, -0.2) is 51.7 Å². The highest BCUT2D eigenvalue weighted by Crippen LogP contribution is 2.31. The van der Waals surface area contributed by atoms with Crippen LogP contribution in [0.4, 0.5) is 23.1 Å². The van der Waals surface area contributed by atoms with Crippen LogP contribution in [0.2, 0.25) is 5.02 Å². The van der Waals surface area contributed by atoms with E-state index < -0.39 is 0 Å². The van der Waals surface area contributed by atoms with E-state index in [1.165, 1.54) is 18.0 Å². The molecule has 0 radical (unpaired) electrons. The third-order valence-corrected chi connectivity index (χ3v) is 6.92. The van der Waals surface area contributed by atoms with Gasteiger partial charge in [0.25, 0.3) is 5.56 Å². The molecule has 0 atom stereocenters. The van der Waals surface area contributed by atoms with Crippen molar-refractivity contribution in [2.45, 2.75) is 17.9 Å². The fourth-order valence-corrected chi connectivity index (χ4v) is 4.75. The van der Waals surface area contributed by atoms with Gasteiger partial charge in [-0.05, 0) is 30.8 Å². The highest BCUT2D eigenvalue weighted by molar-refractivity contribution is 8.00. The molecule has 1 aliphatic rings. The van der Waals surface area contributed by atoms with Crippen LogP contribution in [0.1, 0.15) is 11.3 Å². The number of fused-ring (bicyclic) bond motifs is 1. The summed E-state index contributed by atoms with van der Waals surface area (Å²) in [5, 5.41) is 9.23. The first-order chi connectivity index (χ1) is 16.4. The largest absolute Gasteiger partial charge is 0.358 e. The SMILES string of the molecule is CNC(=O)CSc1ccccc1Nc1nc(Nc2cc3c(n(C)c2=O)CCN(C)C3)ncc1Cl. The van der Waals surface area contributed by atoms with Crippen molar-refractivity contribution in [1.29, 1.82) is 0 Å². The average Bonchev–Trinajstić information content (AvgIpc) is 2.83. The van der Waals surface area contributed by atoms with Gasteiger partial charge in [0.05, 0.1) is 17.6 Å². The maximum atomic E-state index is 12.9. The van der Waals surface area contributed by atoms with Gasteiger partial charge in [0.1, 0.15) is 10.7 Å². The van der Waals surface area contributed by atoms with Crippen LogP contribution < -0.4 is 21.5 Å². The number of halogens is 1. The second kappa shape index (κ2) is 10.5. The normalized spacial score (nSPS) is 13.3. The number of likely N-dealkylation sites (N-methyl/N-ethyl adjacent to an activating group) is 1. The van der Waals surface area contributed by atoms with Crippen molar-refractivity contribution < 1.29 is 4.79 Å². The van der Waals surface area contributed by atoms with E-state index in [-0.39, 0.29) is 23.2 Å². The summed E-state index contributed by atoms with van der Waals surface area (Å²) in [5.41, 5.74) is 3.20. The number of pyridine rings is 1. The minimum Gasteiger partial charge on any atom is -0.358 e. The lowest BCUT2D eigenvalue weighted by atomic mass is 10.1. The number of hydrogen-bond acceptors (Lipinski definition) is 8. The monoisotopic (exact) mass is 499 g/mol. The minimum absolute atomic E-state index is 0.0656. The predicted octanol–water partition coefficient (Wildman–Crippen LogP) is 3.14. The zero-order chi connectivity index (χ0) is 24.2. The minimum atomic E-state index is -0.132. The van der Waals surface area contributed by atoms with Gasteiger partial charge in [-0.25, -0.2) is 4.98 Å². The summed E-state index contributed by atoms with van der Waals surface area (Å²) in [6, 6.07) is 9.46. The number of nitrogens with one attached hydrogen (secondary N) is 3. The van der Waals surface area contributed by atoms with Gasteiger partial charge in [0.2, 0.25) is 11.9 Å². The third-order valence-electron chi connectivity index (χ3n) is 5.57. The Balaban J connectivity index is 1.59. The second-order valence-electron chi connectivity index (χ2n) is 7.98. The first-order valence-electron chi connectivity index (χ1n) is 10.7. The summed E-state index contributed by atoms with van der Waals surface area (Å²) in [4.78, 5) is 36.4. The number of carbonyl (C=O) groups is 1. The number of aromatic nitrogens is 3. The zero-order valence-electron chi connectivity index (χ0n) is 19.2. The van der Waals surface area contributed by atoms with Crippen LogP contribution in [0.25, 0.3) is 0 Å². The van der Waals surface area contributed by atoms with Crippen molar-refractivity contribution in [3.63, 3.8) is 0 Å². The molecule has 2 aromatic heterocycles. The highest BCUT2D eigenvalue weighted by Gasteiger charge is 2.19. The fraction of sp³-hybridized carbons (Fsp3) is 0.304. The third kappa shape index (κ3) is 5.35. The fourth-order valence-electron chi connectivity index (χ4n) is 3.73.